The smallest absolute Gasteiger partial charge is 0.137 e. The van der Waals surface area contributed by atoms with Gasteiger partial charge in [0.2, 0.25) is 0 Å². The quantitative estimate of drug-likeness (QED) is 0.764. The molecule has 0 spiro atoms. The van der Waals surface area contributed by atoms with E-state index in [1.165, 1.54) is 0 Å². The van der Waals surface area contributed by atoms with E-state index in [-0.39, 0.29) is 5.82 Å². The first-order valence-corrected chi connectivity index (χ1v) is 7.10. The highest BCUT2D eigenvalue weighted by Crippen LogP contribution is 2.30. The molecule has 0 saturated carbocycles. The van der Waals surface area contributed by atoms with Crippen LogP contribution in [0.1, 0.15) is 39.7 Å². The van der Waals surface area contributed by atoms with Crippen molar-refractivity contribution in [1.82, 2.24) is 5.32 Å². The molecule has 96 valence electrons. The Kier molecular flexibility index (Phi) is 6.00. The molecule has 0 bridgehead atoms. The molecule has 3 heteroatoms. The van der Waals surface area contributed by atoms with Crippen LogP contribution in [0.15, 0.2) is 23.1 Å². The molecule has 0 aliphatic carbocycles. The van der Waals surface area contributed by atoms with Gasteiger partial charge in [0.25, 0.3) is 0 Å². The third-order valence-electron chi connectivity index (χ3n) is 2.64. The Morgan fingerprint density at radius 3 is 2.59 bits per heavy atom. The zero-order valence-electron chi connectivity index (χ0n) is 11.1. The van der Waals surface area contributed by atoms with Crippen molar-refractivity contribution < 1.29 is 4.39 Å². The lowest BCUT2D eigenvalue weighted by Gasteiger charge is -2.15. The molecule has 0 aromatic heterocycles. The summed E-state index contributed by atoms with van der Waals surface area (Å²) in [6.07, 6.45) is 1.05. The Hall–Kier alpha value is -0.540. The van der Waals surface area contributed by atoms with E-state index < -0.39 is 0 Å². The molecule has 0 aliphatic rings. The van der Waals surface area contributed by atoms with Crippen LogP contribution in [0.4, 0.5) is 4.39 Å². The number of nitrogens with one attached hydrogen (secondary N) is 1. The van der Waals surface area contributed by atoms with Gasteiger partial charge in [0, 0.05) is 22.7 Å². The normalized spacial score (nSPS) is 13.1. The molecule has 1 aromatic carbocycles. The molecule has 1 aromatic rings. The minimum absolute atomic E-state index is 0.0987. The van der Waals surface area contributed by atoms with Crippen LogP contribution >= 0.6 is 11.8 Å². The molecule has 0 saturated heterocycles. The molecule has 1 unspecified atom stereocenters. The first-order chi connectivity index (χ1) is 8.04. The summed E-state index contributed by atoms with van der Waals surface area (Å²) in [5.74, 6) is -0.0987. The van der Waals surface area contributed by atoms with Crippen molar-refractivity contribution in [2.45, 2.75) is 56.8 Å². The summed E-state index contributed by atoms with van der Waals surface area (Å²) in [7, 11) is 0. The van der Waals surface area contributed by atoms with Crippen LogP contribution in [-0.4, -0.2) is 11.3 Å². The predicted molar refractivity (Wildman–Crippen MR) is 74.0 cm³/mol. The fourth-order valence-electron chi connectivity index (χ4n) is 1.42. The second kappa shape index (κ2) is 7.02. The second-order valence-corrected chi connectivity index (χ2v) is 6.05. The zero-order chi connectivity index (χ0) is 12.8. The molecule has 0 heterocycles. The highest BCUT2D eigenvalue weighted by Gasteiger charge is 2.12. The number of thioether (sulfide) groups is 1. The van der Waals surface area contributed by atoms with E-state index in [2.05, 4.69) is 33.0 Å². The second-order valence-electron chi connectivity index (χ2n) is 4.60. The summed E-state index contributed by atoms with van der Waals surface area (Å²) in [4.78, 5) is 0.801. The van der Waals surface area contributed by atoms with Gasteiger partial charge in [0.15, 0.2) is 0 Å². The Labute approximate surface area is 108 Å². The fraction of sp³-hybridized carbons (Fsp3) is 0.571. The van der Waals surface area contributed by atoms with Gasteiger partial charge in [-0.05, 0) is 18.1 Å². The zero-order valence-corrected chi connectivity index (χ0v) is 11.9. The van der Waals surface area contributed by atoms with Gasteiger partial charge in [-0.25, -0.2) is 4.39 Å². The topological polar surface area (TPSA) is 12.0 Å². The average Bonchev–Trinajstić information content (AvgIpc) is 2.29. The molecule has 1 N–H and O–H groups in total. The number of rotatable bonds is 6. The van der Waals surface area contributed by atoms with Gasteiger partial charge in [0.1, 0.15) is 5.82 Å². The molecule has 1 nitrogen and oxygen atoms in total. The minimum Gasteiger partial charge on any atom is -0.310 e. The molecule has 0 fully saturated rings. The first-order valence-electron chi connectivity index (χ1n) is 6.22. The highest BCUT2D eigenvalue weighted by atomic mass is 32.2. The van der Waals surface area contributed by atoms with Crippen molar-refractivity contribution in [3.8, 4) is 0 Å². The van der Waals surface area contributed by atoms with Crippen LogP contribution < -0.4 is 5.32 Å². The maximum absolute atomic E-state index is 13.8. The van der Waals surface area contributed by atoms with E-state index in [0.29, 0.717) is 11.3 Å². The van der Waals surface area contributed by atoms with Crippen LogP contribution in [0.3, 0.4) is 0 Å². The van der Waals surface area contributed by atoms with Crippen molar-refractivity contribution in [2.75, 3.05) is 0 Å². The molecular weight excluding hydrogens is 233 g/mol. The number of halogens is 1. The maximum atomic E-state index is 13.8. The number of hydrogen-bond donors (Lipinski definition) is 1. The Morgan fingerprint density at radius 1 is 1.29 bits per heavy atom. The minimum atomic E-state index is -0.0987. The van der Waals surface area contributed by atoms with E-state index in [9.17, 15) is 4.39 Å². The van der Waals surface area contributed by atoms with Gasteiger partial charge < -0.3 is 5.32 Å². The molecular formula is C14H22FNS. The third kappa shape index (κ3) is 4.68. The standard InChI is InChI=1S/C14H22FNS/c1-5-11(4)17-14-12(9-16-10(2)3)7-6-8-13(14)15/h6-8,10-11,16H,5,9H2,1-4H3. The van der Waals surface area contributed by atoms with Gasteiger partial charge in [-0.1, -0.05) is 39.8 Å². The van der Waals surface area contributed by atoms with Gasteiger partial charge in [-0.2, -0.15) is 0 Å². The van der Waals surface area contributed by atoms with E-state index in [1.54, 1.807) is 23.9 Å². The molecule has 0 radical (unpaired) electrons. The van der Waals surface area contributed by atoms with Crippen LogP contribution in [0, 0.1) is 5.82 Å². The van der Waals surface area contributed by atoms with Crippen LogP contribution in [0.2, 0.25) is 0 Å². The lowest BCUT2D eigenvalue weighted by molar-refractivity contribution is 0.564. The first kappa shape index (κ1) is 14.5. The van der Waals surface area contributed by atoms with Gasteiger partial charge in [-0.15, -0.1) is 11.8 Å². The summed E-state index contributed by atoms with van der Waals surface area (Å²) < 4.78 is 13.8. The summed E-state index contributed by atoms with van der Waals surface area (Å²) in [6, 6.07) is 5.75. The SMILES string of the molecule is CCC(C)Sc1c(F)cccc1CNC(C)C. The van der Waals surface area contributed by atoms with Crippen LogP contribution in [-0.2, 0) is 6.54 Å². The van der Waals surface area contributed by atoms with Gasteiger partial charge in [-0.3, -0.25) is 0 Å². The summed E-state index contributed by atoms with van der Waals surface area (Å²) in [6.45, 7) is 9.19. The van der Waals surface area contributed by atoms with Crippen molar-refractivity contribution in [1.29, 1.82) is 0 Å². The van der Waals surface area contributed by atoms with Crippen molar-refractivity contribution in [3.63, 3.8) is 0 Å². The molecule has 0 amide bonds. The monoisotopic (exact) mass is 255 g/mol. The third-order valence-corrected chi connectivity index (χ3v) is 4.07. The van der Waals surface area contributed by atoms with E-state index in [1.807, 2.05) is 6.07 Å². The van der Waals surface area contributed by atoms with Gasteiger partial charge in [0.05, 0.1) is 0 Å². The Bertz CT molecular complexity index is 352. The van der Waals surface area contributed by atoms with Gasteiger partial charge >= 0.3 is 0 Å². The highest BCUT2D eigenvalue weighted by molar-refractivity contribution is 8.00. The average molecular weight is 255 g/mol. The molecule has 1 rings (SSSR count). The van der Waals surface area contributed by atoms with Crippen molar-refractivity contribution in [2.24, 2.45) is 0 Å². The van der Waals surface area contributed by atoms with E-state index in [4.69, 9.17) is 0 Å². The maximum Gasteiger partial charge on any atom is 0.137 e. The predicted octanol–water partition coefficient (Wildman–Crippen LogP) is 4.21. The Balaban J connectivity index is 2.84. The lowest BCUT2D eigenvalue weighted by Crippen LogP contribution is -2.22. The summed E-state index contributed by atoms with van der Waals surface area (Å²) in [5.41, 5.74) is 1.06. The van der Waals surface area contributed by atoms with Crippen LogP contribution in [0.5, 0.6) is 0 Å². The van der Waals surface area contributed by atoms with Crippen LogP contribution in [0.25, 0.3) is 0 Å². The summed E-state index contributed by atoms with van der Waals surface area (Å²) in [5, 5.41) is 3.79. The largest absolute Gasteiger partial charge is 0.310 e. The van der Waals surface area contributed by atoms with E-state index in [0.717, 1.165) is 23.4 Å². The summed E-state index contributed by atoms with van der Waals surface area (Å²) >= 11 is 1.63. The Morgan fingerprint density at radius 2 is 2.00 bits per heavy atom. The molecule has 0 aliphatic heterocycles. The number of hydrogen-bond acceptors (Lipinski definition) is 2. The van der Waals surface area contributed by atoms with E-state index >= 15 is 0 Å². The lowest BCUT2D eigenvalue weighted by atomic mass is 10.2. The number of benzene rings is 1. The van der Waals surface area contributed by atoms with Crippen molar-refractivity contribution in [3.05, 3.63) is 29.6 Å². The molecule has 17 heavy (non-hydrogen) atoms. The fourth-order valence-corrected chi connectivity index (χ4v) is 2.46. The molecule has 1 atom stereocenters. The van der Waals surface area contributed by atoms with Crippen molar-refractivity contribution >= 4 is 11.8 Å².